The monoisotopic (exact) mass is 258 g/mol. The molecule has 0 saturated heterocycles. The Morgan fingerprint density at radius 1 is 0.929 bits per heavy atom. The average Bonchev–Trinajstić information content (AvgIpc) is 1.45. The third-order valence-electron chi connectivity index (χ3n) is 0. The molecule has 0 saturated carbocycles. The van der Waals surface area contributed by atoms with Crippen molar-refractivity contribution in [3.8, 4) is 0 Å². The van der Waals surface area contributed by atoms with E-state index in [1.165, 1.54) is 0 Å². The predicted octanol–water partition coefficient (Wildman–Crippen LogP) is -1.09. The van der Waals surface area contributed by atoms with Crippen molar-refractivity contribution in [2.45, 2.75) is 0 Å². The molecule has 0 aliphatic rings. The zero-order chi connectivity index (χ0) is 12.6. The van der Waals surface area contributed by atoms with Crippen LogP contribution >= 0.6 is 0 Å². The Hall–Kier alpha value is -0.295. The van der Waals surface area contributed by atoms with Crippen molar-refractivity contribution in [1.82, 2.24) is 0 Å². The van der Waals surface area contributed by atoms with E-state index in [4.69, 9.17) is 14.1 Å². The van der Waals surface area contributed by atoms with Gasteiger partial charge in [0.15, 0.2) is 0 Å². The highest BCUT2D eigenvalue weighted by Gasteiger charge is 2.01. The molecule has 3 N–H and O–H groups in total. The summed E-state index contributed by atoms with van der Waals surface area (Å²) >= 11 is 0. The minimum atomic E-state index is -3.67. The molecule has 0 atom stereocenters. The van der Waals surface area contributed by atoms with Crippen LogP contribution in [0, 0.1) is 0 Å². The Morgan fingerprint density at radius 2 is 0.929 bits per heavy atom. The summed E-state index contributed by atoms with van der Waals surface area (Å²) in [4.78, 5) is 0. The largest absolute Gasteiger partial charge is 0.718 e. The maximum absolute atomic E-state index is 9.89. The number of halogens is 2. The lowest BCUT2D eigenvalue weighted by Crippen LogP contribution is -1.88. The number of rotatable bonds is 0. The van der Waals surface area contributed by atoms with Crippen molar-refractivity contribution in [2.75, 3.05) is 12.5 Å². The van der Waals surface area contributed by atoms with Gasteiger partial charge in [0.2, 0.25) is 0 Å². The van der Waals surface area contributed by atoms with Gasteiger partial charge in [-0.2, -0.15) is 16.8 Å². The van der Waals surface area contributed by atoms with Crippen LogP contribution in [0.15, 0.2) is 0 Å². The van der Waals surface area contributed by atoms with Crippen molar-refractivity contribution < 1.29 is 39.6 Å². The molecule has 0 heterocycles. The van der Waals surface area contributed by atoms with E-state index in [1.54, 1.807) is 0 Å². The molecule has 12 heteroatoms. The maximum Gasteiger partial charge on any atom is 0.718 e. The van der Waals surface area contributed by atoms with Gasteiger partial charge in [0.05, 0.1) is 12.5 Å². The van der Waals surface area contributed by atoms with Crippen LogP contribution in [0.1, 0.15) is 0 Å². The molecular formula is C2H9BF2O7S2. The molecule has 0 spiro atoms. The van der Waals surface area contributed by atoms with Crippen molar-refractivity contribution in [2.24, 2.45) is 0 Å². The first-order valence-electron chi connectivity index (χ1n) is 2.54. The molecular weight excluding hydrogens is 249 g/mol. The fourth-order valence-electron chi connectivity index (χ4n) is 0. The second kappa shape index (κ2) is 8.05. The van der Waals surface area contributed by atoms with Crippen LogP contribution in [0.5, 0.6) is 0 Å². The highest BCUT2D eigenvalue weighted by atomic mass is 32.2. The number of hydrogen-bond acceptors (Lipinski definition) is 5. The van der Waals surface area contributed by atoms with Crippen LogP contribution in [0.25, 0.3) is 0 Å². The van der Waals surface area contributed by atoms with E-state index in [2.05, 4.69) is 0 Å². The van der Waals surface area contributed by atoms with Crippen LogP contribution in [-0.2, 0) is 20.2 Å². The van der Waals surface area contributed by atoms with E-state index >= 15 is 0 Å². The summed E-state index contributed by atoms with van der Waals surface area (Å²) in [6.07, 6.45) is 1.43. The van der Waals surface area contributed by atoms with E-state index in [-0.39, 0.29) is 0 Å². The lowest BCUT2D eigenvalue weighted by Gasteiger charge is -1.69. The average molecular weight is 258 g/mol. The Bertz CT molecular complexity index is 258. The second-order valence-corrected chi connectivity index (χ2v) is 4.68. The third-order valence-corrected chi connectivity index (χ3v) is 0. The van der Waals surface area contributed by atoms with Gasteiger partial charge in [0, 0.05) is 0 Å². The SMILES string of the molecule is CS(=O)(=O)O.CS(=O)(=O)O.OB(F)F. The van der Waals surface area contributed by atoms with Gasteiger partial charge in [-0.15, -0.1) is 0 Å². The van der Waals surface area contributed by atoms with E-state index in [1.807, 2.05) is 0 Å². The molecule has 7 nitrogen and oxygen atoms in total. The van der Waals surface area contributed by atoms with E-state index in [0.717, 1.165) is 0 Å². The number of hydrogen-bond donors (Lipinski definition) is 3. The minimum absolute atomic E-state index is 0.715. The standard InChI is InChI=1S/2CH4O3S.BF2HO/c2*1-5(2,3)4;2-1(3)4/h2*1H3,(H,2,3,4);4H. The molecule has 0 rings (SSSR count). The minimum Gasteiger partial charge on any atom is -0.395 e. The van der Waals surface area contributed by atoms with Crippen LogP contribution in [-0.4, -0.2) is 50.9 Å². The van der Waals surface area contributed by atoms with Crippen molar-refractivity contribution in [3.63, 3.8) is 0 Å². The molecule has 0 amide bonds. The molecule has 0 radical (unpaired) electrons. The van der Waals surface area contributed by atoms with Crippen LogP contribution in [0.3, 0.4) is 0 Å². The summed E-state index contributed by atoms with van der Waals surface area (Å²) in [6.45, 7) is 0. The molecule has 0 aliphatic carbocycles. The molecule has 0 aromatic heterocycles. The summed E-state index contributed by atoms with van der Waals surface area (Å²) in [5.41, 5.74) is 0. The van der Waals surface area contributed by atoms with Gasteiger partial charge >= 0.3 is 7.47 Å². The summed E-state index contributed by atoms with van der Waals surface area (Å²) in [7, 11) is -10.5. The van der Waals surface area contributed by atoms with Gasteiger partial charge in [0.1, 0.15) is 0 Å². The normalized spacial score (nSPS) is 10.2. The molecule has 0 aliphatic heterocycles. The zero-order valence-corrected chi connectivity index (χ0v) is 8.76. The van der Waals surface area contributed by atoms with Crippen LogP contribution in [0.4, 0.5) is 8.63 Å². The first-order valence-corrected chi connectivity index (χ1v) is 6.24. The summed E-state index contributed by atoms with van der Waals surface area (Å²) < 4.78 is 71.5. The Labute approximate surface area is 80.5 Å². The molecule has 0 fully saturated rings. The second-order valence-electron chi connectivity index (χ2n) is 1.74. The van der Waals surface area contributed by atoms with E-state index < -0.39 is 27.7 Å². The quantitative estimate of drug-likeness (QED) is 0.372. The van der Waals surface area contributed by atoms with Gasteiger partial charge in [-0.1, -0.05) is 0 Å². The van der Waals surface area contributed by atoms with Crippen LogP contribution in [0.2, 0.25) is 0 Å². The van der Waals surface area contributed by atoms with Crippen molar-refractivity contribution in [1.29, 1.82) is 0 Å². The summed E-state index contributed by atoms with van der Waals surface area (Å²) in [5.74, 6) is 0. The Balaban J connectivity index is -0.000000131. The Morgan fingerprint density at radius 3 is 0.929 bits per heavy atom. The maximum atomic E-state index is 9.89. The fraction of sp³-hybridized carbons (Fsp3) is 1.00. The van der Waals surface area contributed by atoms with Crippen molar-refractivity contribution >= 4 is 27.7 Å². The van der Waals surface area contributed by atoms with Gasteiger partial charge in [-0.25, -0.2) is 0 Å². The molecule has 0 aromatic carbocycles. The predicted molar refractivity (Wildman–Crippen MR) is 45.1 cm³/mol. The molecule has 14 heavy (non-hydrogen) atoms. The fourth-order valence-corrected chi connectivity index (χ4v) is 0. The molecule has 88 valence electrons. The molecule has 0 bridgehead atoms. The topological polar surface area (TPSA) is 129 Å². The highest BCUT2D eigenvalue weighted by molar-refractivity contribution is 7.85. The van der Waals surface area contributed by atoms with Gasteiger partial charge < -0.3 is 5.02 Å². The summed E-state index contributed by atoms with van der Waals surface area (Å²) in [5, 5.41) is 6.72. The van der Waals surface area contributed by atoms with Crippen molar-refractivity contribution in [3.05, 3.63) is 0 Å². The highest BCUT2D eigenvalue weighted by Crippen LogP contribution is 1.70. The zero-order valence-electron chi connectivity index (χ0n) is 7.12. The van der Waals surface area contributed by atoms with Gasteiger partial charge in [-0.05, 0) is 0 Å². The lowest BCUT2D eigenvalue weighted by atomic mass is 10.4. The van der Waals surface area contributed by atoms with Crippen LogP contribution < -0.4 is 0 Å². The third kappa shape index (κ3) is 15400. The molecule has 0 aromatic rings. The van der Waals surface area contributed by atoms with E-state index in [0.29, 0.717) is 12.5 Å². The smallest absolute Gasteiger partial charge is 0.395 e. The Kier molecular flexibility index (Phi) is 11.1. The summed E-state index contributed by atoms with van der Waals surface area (Å²) in [6, 6.07) is 0. The first kappa shape index (κ1) is 19.3. The van der Waals surface area contributed by atoms with Gasteiger partial charge in [-0.3, -0.25) is 17.7 Å². The van der Waals surface area contributed by atoms with Gasteiger partial charge in [0.25, 0.3) is 20.2 Å². The van der Waals surface area contributed by atoms with E-state index in [9.17, 15) is 25.5 Å². The first-order chi connectivity index (χ1) is 5.73. The molecule has 0 unspecified atom stereocenters. The lowest BCUT2D eigenvalue weighted by molar-refractivity contribution is 0.417.